The third-order valence-electron chi connectivity index (χ3n) is 3.18. The monoisotopic (exact) mass is 339 g/mol. The van der Waals surface area contributed by atoms with Crippen molar-refractivity contribution in [2.75, 3.05) is 6.54 Å². The van der Waals surface area contributed by atoms with Gasteiger partial charge in [0.15, 0.2) is 0 Å². The maximum atomic E-state index is 13.0. The van der Waals surface area contributed by atoms with E-state index in [4.69, 9.17) is 0 Å². The molecule has 1 unspecified atom stereocenters. The molecule has 0 heterocycles. The van der Waals surface area contributed by atoms with Gasteiger partial charge in [0, 0.05) is 10.5 Å². The lowest BCUT2D eigenvalue weighted by molar-refractivity contribution is 0.569. The maximum Gasteiger partial charge on any atom is 0.124 e. The minimum atomic E-state index is -0.257. The molecule has 0 fully saturated rings. The number of hydrogen-bond acceptors (Lipinski definition) is 1. The van der Waals surface area contributed by atoms with E-state index in [1.807, 2.05) is 13.0 Å². The Morgan fingerprint density at radius 1 is 1.10 bits per heavy atom. The molecular formula is C16H16BrF2N. The predicted octanol–water partition coefficient (Wildman–Crippen LogP) is 4.62. The highest BCUT2D eigenvalue weighted by Gasteiger charge is 2.09. The molecular weight excluding hydrogens is 324 g/mol. The Morgan fingerprint density at radius 2 is 1.85 bits per heavy atom. The average Bonchev–Trinajstić information content (AvgIpc) is 2.38. The predicted molar refractivity (Wildman–Crippen MR) is 80.6 cm³/mol. The van der Waals surface area contributed by atoms with Crippen LogP contribution in [0.3, 0.4) is 0 Å². The Hall–Kier alpha value is -1.26. The van der Waals surface area contributed by atoms with Gasteiger partial charge >= 0.3 is 0 Å². The van der Waals surface area contributed by atoms with Crippen LogP contribution in [0, 0.1) is 11.6 Å². The minimum absolute atomic E-state index is 0.0959. The van der Waals surface area contributed by atoms with E-state index >= 15 is 0 Å². The van der Waals surface area contributed by atoms with Crippen molar-refractivity contribution in [2.24, 2.45) is 0 Å². The number of benzene rings is 2. The molecule has 0 aliphatic carbocycles. The Balaban J connectivity index is 1.90. The van der Waals surface area contributed by atoms with Crippen LogP contribution in [0.2, 0.25) is 0 Å². The Morgan fingerprint density at radius 3 is 2.55 bits per heavy atom. The second-order valence-electron chi connectivity index (χ2n) is 4.72. The lowest BCUT2D eigenvalue weighted by Crippen LogP contribution is -2.21. The fourth-order valence-corrected chi connectivity index (χ4v) is 2.78. The Kier molecular flexibility index (Phi) is 5.26. The standard InChI is InChI=1S/C16H16BrF2N/c1-11(15-6-5-14(19)10-16(15)17)20-8-7-12-3-2-4-13(18)9-12/h2-6,9-11,20H,7-8H2,1H3. The third-order valence-corrected chi connectivity index (χ3v) is 3.87. The van der Waals surface area contributed by atoms with Crippen molar-refractivity contribution < 1.29 is 8.78 Å². The summed E-state index contributed by atoms with van der Waals surface area (Å²) < 4.78 is 26.8. The van der Waals surface area contributed by atoms with E-state index in [-0.39, 0.29) is 17.7 Å². The summed E-state index contributed by atoms with van der Waals surface area (Å²) in [7, 11) is 0. The summed E-state index contributed by atoms with van der Waals surface area (Å²) in [6.45, 7) is 2.75. The van der Waals surface area contributed by atoms with E-state index in [1.54, 1.807) is 18.2 Å². The van der Waals surface area contributed by atoms with Crippen LogP contribution in [0.15, 0.2) is 46.9 Å². The van der Waals surface area contributed by atoms with Gasteiger partial charge in [-0.05, 0) is 55.3 Å². The molecule has 0 amide bonds. The summed E-state index contributed by atoms with van der Waals surface area (Å²) in [5.41, 5.74) is 1.97. The van der Waals surface area contributed by atoms with Crippen molar-refractivity contribution >= 4 is 15.9 Å². The van der Waals surface area contributed by atoms with Crippen LogP contribution in [0.5, 0.6) is 0 Å². The molecule has 0 aromatic heterocycles. The van der Waals surface area contributed by atoms with Crippen molar-refractivity contribution in [1.82, 2.24) is 5.32 Å². The van der Waals surface area contributed by atoms with Crippen LogP contribution in [0.25, 0.3) is 0 Å². The summed E-state index contributed by atoms with van der Waals surface area (Å²) in [5.74, 6) is -0.468. The Labute approximate surface area is 126 Å². The van der Waals surface area contributed by atoms with Crippen molar-refractivity contribution in [3.63, 3.8) is 0 Å². The first-order valence-electron chi connectivity index (χ1n) is 6.49. The normalized spacial score (nSPS) is 12.4. The smallest absolute Gasteiger partial charge is 0.124 e. The second kappa shape index (κ2) is 6.95. The van der Waals surface area contributed by atoms with Crippen LogP contribution in [-0.2, 0) is 6.42 Å². The van der Waals surface area contributed by atoms with Crippen LogP contribution in [-0.4, -0.2) is 6.54 Å². The van der Waals surface area contributed by atoms with Gasteiger partial charge in [0.1, 0.15) is 11.6 Å². The molecule has 0 saturated heterocycles. The lowest BCUT2D eigenvalue weighted by Gasteiger charge is -2.16. The van der Waals surface area contributed by atoms with Crippen LogP contribution in [0.1, 0.15) is 24.1 Å². The van der Waals surface area contributed by atoms with Gasteiger partial charge in [-0.25, -0.2) is 8.78 Å². The summed E-state index contributed by atoms with van der Waals surface area (Å²) in [6, 6.07) is 11.4. The number of rotatable bonds is 5. The van der Waals surface area contributed by atoms with Crippen molar-refractivity contribution in [2.45, 2.75) is 19.4 Å². The van der Waals surface area contributed by atoms with Crippen LogP contribution < -0.4 is 5.32 Å². The van der Waals surface area contributed by atoms with Crippen molar-refractivity contribution in [3.05, 3.63) is 69.7 Å². The molecule has 0 aliphatic rings. The van der Waals surface area contributed by atoms with E-state index in [0.29, 0.717) is 0 Å². The molecule has 1 N–H and O–H groups in total. The highest BCUT2D eigenvalue weighted by molar-refractivity contribution is 9.10. The van der Waals surface area contributed by atoms with Gasteiger partial charge < -0.3 is 5.32 Å². The molecule has 0 aliphatic heterocycles. The zero-order chi connectivity index (χ0) is 14.5. The lowest BCUT2D eigenvalue weighted by atomic mass is 10.1. The first kappa shape index (κ1) is 15.1. The molecule has 0 spiro atoms. The average molecular weight is 340 g/mol. The van der Waals surface area contributed by atoms with E-state index in [2.05, 4.69) is 21.2 Å². The largest absolute Gasteiger partial charge is 0.310 e. The fraction of sp³-hybridized carbons (Fsp3) is 0.250. The summed E-state index contributed by atoms with van der Waals surface area (Å²) >= 11 is 3.36. The zero-order valence-corrected chi connectivity index (χ0v) is 12.8. The zero-order valence-electron chi connectivity index (χ0n) is 11.2. The van der Waals surface area contributed by atoms with E-state index < -0.39 is 0 Å². The van der Waals surface area contributed by atoms with Gasteiger partial charge in [0.25, 0.3) is 0 Å². The SMILES string of the molecule is CC(NCCc1cccc(F)c1)c1ccc(F)cc1Br. The molecule has 0 radical (unpaired) electrons. The summed E-state index contributed by atoms with van der Waals surface area (Å²) in [4.78, 5) is 0. The third kappa shape index (κ3) is 4.12. The van der Waals surface area contributed by atoms with E-state index in [1.165, 1.54) is 18.2 Å². The minimum Gasteiger partial charge on any atom is -0.310 e. The molecule has 2 aromatic rings. The molecule has 4 heteroatoms. The number of nitrogens with one attached hydrogen (secondary N) is 1. The van der Waals surface area contributed by atoms with Gasteiger partial charge in [-0.15, -0.1) is 0 Å². The number of hydrogen-bond donors (Lipinski definition) is 1. The molecule has 0 saturated carbocycles. The fourth-order valence-electron chi connectivity index (χ4n) is 2.09. The highest BCUT2D eigenvalue weighted by Crippen LogP contribution is 2.24. The maximum absolute atomic E-state index is 13.0. The summed E-state index contributed by atoms with van der Waals surface area (Å²) in [5, 5.41) is 3.35. The topological polar surface area (TPSA) is 12.0 Å². The van der Waals surface area contributed by atoms with Gasteiger partial charge in [0.2, 0.25) is 0 Å². The molecule has 1 atom stereocenters. The molecule has 2 aromatic carbocycles. The van der Waals surface area contributed by atoms with Gasteiger partial charge in [-0.1, -0.05) is 34.1 Å². The molecule has 2 rings (SSSR count). The van der Waals surface area contributed by atoms with E-state index in [0.717, 1.165) is 28.6 Å². The molecule has 106 valence electrons. The van der Waals surface area contributed by atoms with Gasteiger partial charge in [-0.2, -0.15) is 0 Å². The van der Waals surface area contributed by atoms with E-state index in [9.17, 15) is 8.78 Å². The molecule has 1 nitrogen and oxygen atoms in total. The summed E-state index contributed by atoms with van der Waals surface area (Å²) in [6.07, 6.45) is 0.751. The molecule has 20 heavy (non-hydrogen) atoms. The highest BCUT2D eigenvalue weighted by atomic mass is 79.9. The van der Waals surface area contributed by atoms with Crippen LogP contribution in [0.4, 0.5) is 8.78 Å². The number of halogens is 3. The van der Waals surface area contributed by atoms with Crippen molar-refractivity contribution in [1.29, 1.82) is 0 Å². The Bertz CT molecular complexity index is 586. The quantitative estimate of drug-likeness (QED) is 0.837. The molecule has 0 bridgehead atoms. The van der Waals surface area contributed by atoms with Gasteiger partial charge in [0.05, 0.1) is 0 Å². The first-order valence-corrected chi connectivity index (χ1v) is 7.28. The van der Waals surface area contributed by atoms with Crippen LogP contribution >= 0.6 is 15.9 Å². The van der Waals surface area contributed by atoms with Gasteiger partial charge in [-0.3, -0.25) is 0 Å². The second-order valence-corrected chi connectivity index (χ2v) is 5.58. The van der Waals surface area contributed by atoms with Crippen molar-refractivity contribution in [3.8, 4) is 0 Å². The first-order chi connectivity index (χ1) is 9.56.